The molecular formula is C24H20N2O3. The number of methoxy groups -OCH3 is 1. The number of Topliss-reactive ketones (excluding diaryl/α,β-unsaturated/α-hetero) is 2. The van der Waals surface area contributed by atoms with Crippen LogP contribution in [0.4, 0.5) is 0 Å². The number of carbonyl (C=O) groups is 2. The van der Waals surface area contributed by atoms with Gasteiger partial charge >= 0.3 is 0 Å². The van der Waals surface area contributed by atoms with Crippen LogP contribution in [0, 0.1) is 0 Å². The van der Waals surface area contributed by atoms with Crippen molar-refractivity contribution in [3.05, 3.63) is 95.8 Å². The summed E-state index contributed by atoms with van der Waals surface area (Å²) in [6.45, 7) is 0. The van der Waals surface area contributed by atoms with E-state index < -0.39 is 5.92 Å². The molecule has 0 fully saturated rings. The highest BCUT2D eigenvalue weighted by Crippen LogP contribution is 2.27. The Morgan fingerprint density at radius 1 is 0.897 bits per heavy atom. The van der Waals surface area contributed by atoms with Gasteiger partial charge in [0.05, 0.1) is 24.1 Å². The summed E-state index contributed by atoms with van der Waals surface area (Å²) >= 11 is 0. The lowest BCUT2D eigenvalue weighted by molar-refractivity contribution is 0.0890. The van der Waals surface area contributed by atoms with Crippen LogP contribution in [-0.4, -0.2) is 28.6 Å². The lowest BCUT2D eigenvalue weighted by atomic mass is 9.90. The van der Waals surface area contributed by atoms with E-state index in [-0.39, 0.29) is 18.0 Å². The monoisotopic (exact) mass is 384 g/mol. The number of aromatic amines is 1. The molecule has 1 heterocycles. The summed E-state index contributed by atoms with van der Waals surface area (Å²) in [5.41, 5.74) is 2.69. The number of rotatable bonds is 7. The van der Waals surface area contributed by atoms with Crippen molar-refractivity contribution in [3.8, 4) is 5.75 Å². The van der Waals surface area contributed by atoms with Gasteiger partial charge in [0.15, 0.2) is 11.6 Å². The van der Waals surface area contributed by atoms with E-state index in [1.807, 2.05) is 42.5 Å². The molecule has 5 heteroatoms. The number of carbonyl (C=O) groups excluding carboxylic acids is 2. The third-order valence-electron chi connectivity index (χ3n) is 4.91. The van der Waals surface area contributed by atoms with Gasteiger partial charge in [0.25, 0.3) is 0 Å². The molecule has 4 aromatic rings. The van der Waals surface area contributed by atoms with Gasteiger partial charge in [0.2, 0.25) is 0 Å². The normalized spacial score (nSPS) is 11.9. The van der Waals surface area contributed by atoms with Crippen LogP contribution in [0.1, 0.15) is 38.9 Å². The van der Waals surface area contributed by atoms with Crippen LogP contribution >= 0.6 is 0 Å². The first kappa shape index (κ1) is 18.6. The molecule has 144 valence electrons. The standard InChI is InChI=1S/C24H20N2O3/c1-29-18-13-11-17(12-14-18)23(28)19(15-22(27)16-7-3-2-4-8-16)24-25-20-9-5-6-10-21(20)26-24/h2-14,19H,15H2,1H3,(H,25,26)/t19-/m0/s1. The fourth-order valence-electron chi connectivity index (χ4n) is 3.33. The number of H-pyrrole nitrogens is 1. The molecule has 0 aliphatic heterocycles. The van der Waals surface area contributed by atoms with Gasteiger partial charge in [-0.05, 0) is 36.4 Å². The molecule has 0 saturated carbocycles. The minimum atomic E-state index is -0.705. The first-order valence-corrected chi connectivity index (χ1v) is 9.37. The molecule has 1 aromatic heterocycles. The lowest BCUT2D eigenvalue weighted by Crippen LogP contribution is -2.18. The SMILES string of the molecule is COc1ccc(C(=O)[C@H](CC(=O)c2ccccc2)c2nc3ccccc3[nH]2)cc1. The molecular weight excluding hydrogens is 364 g/mol. The van der Waals surface area contributed by atoms with Gasteiger partial charge in [-0.25, -0.2) is 4.98 Å². The second kappa shape index (κ2) is 8.10. The summed E-state index contributed by atoms with van der Waals surface area (Å²) < 4.78 is 5.17. The molecule has 29 heavy (non-hydrogen) atoms. The predicted octanol–water partition coefficient (Wildman–Crippen LogP) is 4.81. The van der Waals surface area contributed by atoms with E-state index in [9.17, 15) is 9.59 Å². The highest BCUT2D eigenvalue weighted by Gasteiger charge is 2.28. The van der Waals surface area contributed by atoms with Gasteiger partial charge < -0.3 is 9.72 Å². The summed E-state index contributed by atoms with van der Waals surface area (Å²) in [6, 6.07) is 23.5. The molecule has 0 unspecified atom stereocenters. The Morgan fingerprint density at radius 3 is 2.28 bits per heavy atom. The van der Waals surface area contributed by atoms with E-state index in [0.29, 0.717) is 22.7 Å². The molecule has 0 aliphatic carbocycles. The number of ketones is 2. The minimum absolute atomic E-state index is 0.0364. The van der Waals surface area contributed by atoms with Gasteiger partial charge in [0, 0.05) is 17.5 Å². The van der Waals surface area contributed by atoms with E-state index in [1.54, 1.807) is 43.5 Å². The lowest BCUT2D eigenvalue weighted by Gasteiger charge is -2.14. The molecule has 0 aliphatic rings. The molecule has 3 aromatic carbocycles. The summed E-state index contributed by atoms with van der Waals surface area (Å²) in [6.07, 6.45) is 0.0364. The number of nitrogens with zero attached hydrogens (tertiary/aromatic N) is 1. The zero-order valence-electron chi connectivity index (χ0n) is 16.0. The van der Waals surface area contributed by atoms with Crippen LogP contribution in [0.15, 0.2) is 78.9 Å². The third-order valence-corrected chi connectivity index (χ3v) is 4.91. The van der Waals surface area contributed by atoms with Crippen LogP contribution in [0.25, 0.3) is 11.0 Å². The fourth-order valence-corrected chi connectivity index (χ4v) is 3.33. The van der Waals surface area contributed by atoms with Crippen molar-refractivity contribution < 1.29 is 14.3 Å². The first-order chi connectivity index (χ1) is 14.2. The van der Waals surface area contributed by atoms with Gasteiger partial charge in [-0.3, -0.25) is 9.59 Å². The summed E-state index contributed by atoms with van der Waals surface area (Å²) in [7, 11) is 1.58. The summed E-state index contributed by atoms with van der Waals surface area (Å²) in [4.78, 5) is 34.0. The summed E-state index contributed by atoms with van der Waals surface area (Å²) in [5.74, 6) is 0.205. The largest absolute Gasteiger partial charge is 0.497 e. The zero-order chi connectivity index (χ0) is 20.2. The number of nitrogens with one attached hydrogen (secondary N) is 1. The van der Waals surface area contributed by atoms with Crippen LogP contribution < -0.4 is 4.74 Å². The van der Waals surface area contributed by atoms with E-state index in [4.69, 9.17) is 4.74 Å². The van der Waals surface area contributed by atoms with Crippen molar-refractivity contribution in [3.63, 3.8) is 0 Å². The molecule has 1 atom stereocenters. The van der Waals surface area contributed by atoms with Gasteiger partial charge in [-0.15, -0.1) is 0 Å². The Labute approximate surface area is 168 Å². The van der Waals surface area contributed by atoms with Crippen LogP contribution in [0.2, 0.25) is 0 Å². The highest BCUT2D eigenvalue weighted by molar-refractivity contribution is 6.06. The fraction of sp³-hybridized carbons (Fsp3) is 0.125. The second-order valence-corrected chi connectivity index (χ2v) is 6.78. The molecule has 0 radical (unpaired) electrons. The highest BCUT2D eigenvalue weighted by atomic mass is 16.5. The third kappa shape index (κ3) is 3.94. The van der Waals surface area contributed by atoms with Crippen molar-refractivity contribution in [2.75, 3.05) is 7.11 Å². The van der Waals surface area contributed by atoms with Crippen molar-refractivity contribution >= 4 is 22.6 Å². The van der Waals surface area contributed by atoms with Crippen LogP contribution in [0.5, 0.6) is 5.75 Å². The van der Waals surface area contributed by atoms with Crippen molar-refractivity contribution in [1.82, 2.24) is 9.97 Å². The van der Waals surface area contributed by atoms with Gasteiger partial charge in [-0.2, -0.15) is 0 Å². The predicted molar refractivity (Wildman–Crippen MR) is 112 cm³/mol. The van der Waals surface area contributed by atoms with E-state index >= 15 is 0 Å². The maximum atomic E-state index is 13.3. The van der Waals surface area contributed by atoms with E-state index in [2.05, 4.69) is 9.97 Å². The average molecular weight is 384 g/mol. The smallest absolute Gasteiger partial charge is 0.173 e. The molecule has 4 rings (SSSR count). The molecule has 0 bridgehead atoms. The Bertz CT molecular complexity index is 1110. The number of fused-ring (bicyclic) bond motifs is 1. The number of hydrogen-bond acceptors (Lipinski definition) is 4. The van der Waals surface area contributed by atoms with E-state index in [0.717, 1.165) is 11.0 Å². The van der Waals surface area contributed by atoms with Crippen LogP contribution in [-0.2, 0) is 0 Å². The van der Waals surface area contributed by atoms with Crippen LogP contribution in [0.3, 0.4) is 0 Å². The molecule has 0 spiro atoms. The second-order valence-electron chi connectivity index (χ2n) is 6.78. The number of imidazole rings is 1. The number of hydrogen-bond donors (Lipinski definition) is 1. The topological polar surface area (TPSA) is 72.1 Å². The Hall–Kier alpha value is -3.73. The maximum Gasteiger partial charge on any atom is 0.173 e. The number of ether oxygens (including phenoxy) is 1. The number of para-hydroxylation sites is 2. The minimum Gasteiger partial charge on any atom is -0.497 e. The van der Waals surface area contributed by atoms with Crippen molar-refractivity contribution in [2.24, 2.45) is 0 Å². The Kier molecular flexibility index (Phi) is 5.20. The van der Waals surface area contributed by atoms with E-state index in [1.165, 1.54) is 0 Å². The number of aromatic nitrogens is 2. The van der Waals surface area contributed by atoms with Crippen molar-refractivity contribution in [1.29, 1.82) is 0 Å². The molecule has 0 saturated heterocycles. The zero-order valence-corrected chi connectivity index (χ0v) is 16.0. The Morgan fingerprint density at radius 2 is 1.59 bits per heavy atom. The summed E-state index contributed by atoms with van der Waals surface area (Å²) in [5, 5.41) is 0. The van der Waals surface area contributed by atoms with Gasteiger partial charge in [-0.1, -0.05) is 42.5 Å². The Balaban J connectivity index is 1.71. The quantitative estimate of drug-likeness (QED) is 0.464. The van der Waals surface area contributed by atoms with Gasteiger partial charge in [0.1, 0.15) is 11.6 Å². The average Bonchev–Trinajstić information content (AvgIpc) is 3.21. The molecule has 1 N–H and O–H groups in total. The molecule has 0 amide bonds. The maximum absolute atomic E-state index is 13.3. The van der Waals surface area contributed by atoms with Crippen molar-refractivity contribution in [2.45, 2.75) is 12.3 Å². The first-order valence-electron chi connectivity index (χ1n) is 9.37. The number of benzene rings is 3. The molecule has 5 nitrogen and oxygen atoms in total.